The summed E-state index contributed by atoms with van der Waals surface area (Å²) in [7, 11) is 0. The van der Waals surface area contributed by atoms with Gasteiger partial charge in [-0.3, -0.25) is 0 Å². The SMILES string of the molecule is Brc1cc2cc(Br)c(Br)c(Br)c2c(Br)c1Br. The van der Waals surface area contributed by atoms with Crippen molar-refractivity contribution in [1.29, 1.82) is 0 Å². The van der Waals surface area contributed by atoms with Crippen LogP contribution in [0.4, 0.5) is 0 Å². The fourth-order valence-corrected chi connectivity index (χ4v) is 4.96. The van der Waals surface area contributed by atoms with Crippen molar-refractivity contribution in [3.8, 4) is 0 Å². The lowest BCUT2D eigenvalue weighted by Crippen LogP contribution is -1.83. The quantitative estimate of drug-likeness (QED) is 0.276. The van der Waals surface area contributed by atoms with Gasteiger partial charge < -0.3 is 0 Å². The number of fused-ring (bicyclic) bond motifs is 1. The van der Waals surface area contributed by atoms with Crippen LogP contribution in [0.5, 0.6) is 0 Å². The van der Waals surface area contributed by atoms with E-state index in [9.17, 15) is 0 Å². The van der Waals surface area contributed by atoms with Gasteiger partial charge in [-0.1, -0.05) is 0 Å². The van der Waals surface area contributed by atoms with Gasteiger partial charge in [0, 0.05) is 32.2 Å². The molecule has 0 nitrogen and oxygen atoms in total. The largest absolute Gasteiger partial charge is 0.0495 e. The molecule has 16 heavy (non-hydrogen) atoms. The molecule has 0 heterocycles. The second-order valence-electron chi connectivity index (χ2n) is 3.07. The Morgan fingerprint density at radius 3 is 1.31 bits per heavy atom. The van der Waals surface area contributed by atoms with Crippen LogP contribution in [0.1, 0.15) is 0 Å². The van der Waals surface area contributed by atoms with E-state index < -0.39 is 0 Å². The van der Waals surface area contributed by atoms with E-state index in [4.69, 9.17) is 0 Å². The van der Waals surface area contributed by atoms with Crippen LogP contribution >= 0.6 is 95.6 Å². The summed E-state index contributed by atoms with van der Waals surface area (Å²) in [5.74, 6) is 0. The summed E-state index contributed by atoms with van der Waals surface area (Å²) in [5.41, 5.74) is 0. The van der Waals surface area contributed by atoms with E-state index in [2.05, 4.69) is 108 Å². The molecule has 2 rings (SSSR count). The molecule has 0 atom stereocenters. The maximum atomic E-state index is 3.60. The lowest BCUT2D eigenvalue weighted by Gasteiger charge is -2.10. The minimum absolute atomic E-state index is 1.01. The highest BCUT2D eigenvalue weighted by Crippen LogP contribution is 2.45. The number of hydrogen-bond donors (Lipinski definition) is 0. The first-order chi connectivity index (χ1) is 7.43. The Morgan fingerprint density at radius 2 is 0.938 bits per heavy atom. The molecule has 0 radical (unpaired) electrons. The smallest absolute Gasteiger partial charge is 0.0466 e. The molecule has 0 bridgehead atoms. The topological polar surface area (TPSA) is 0 Å². The average molecular weight is 602 g/mol. The van der Waals surface area contributed by atoms with Crippen LogP contribution in [0, 0.1) is 0 Å². The lowest BCUT2D eigenvalue weighted by atomic mass is 10.1. The van der Waals surface area contributed by atoms with Gasteiger partial charge in [-0.15, -0.1) is 0 Å². The van der Waals surface area contributed by atoms with Crippen LogP contribution in [-0.4, -0.2) is 0 Å². The van der Waals surface area contributed by atoms with E-state index in [1.54, 1.807) is 0 Å². The van der Waals surface area contributed by atoms with Crippen molar-refractivity contribution < 1.29 is 0 Å². The Kier molecular flexibility index (Phi) is 4.63. The van der Waals surface area contributed by atoms with Gasteiger partial charge in [0.2, 0.25) is 0 Å². The summed E-state index contributed by atoms with van der Waals surface area (Å²) in [6, 6.07) is 4.15. The predicted molar refractivity (Wildman–Crippen MR) is 90.1 cm³/mol. The summed E-state index contributed by atoms with van der Waals surface area (Å²) in [4.78, 5) is 0. The molecule has 0 aromatic heterocycles. The highest BCUT2D eigenvalue weighted by molar-refractivity contribution is 9.15. The molecule has 0 fully saturated rings. The van der Waals surface area contributed by atoms with Crippen molar-refractivity contribution in [2.75, 3.05) is 0 Å². The van der Waals surface area contributed by atoms with Crippen LogP contribution in [0.3, 0.4) is 0 Å². The Bertz CT molecular complexity index is 541. The van der Waals surface area contributed by atoms with Crippen molar-refractivity contribution in [1.82, 2.24) is 0 Å². The van der Waals surface area contributed by atoms with E-state index in [-0.39, 0.29) is 0 Å². The van der Waals surface area contributed by atoms with Gasteiger partial charge >= 0.3 is 0 Å². The molecular formula is C10H2Br6. The van der Waals surface area contributed by atoms with Crippen LogP contribution in [-0.2, 0) is 0 Å². The number of rotatable bonds is 0. The molecule has 6 heteroatoms. The molecule has 2 aromatic rings. The zero-order valence-corrected chi connectivity index (χ0v) is 16.9. The summed E-state index contributed by atoms with van der Waals surface area (Å²) in [6.07, 6.45) is 0. The average Bonchev–Trinajstić information content (AvgIpc) is 2.23. The Hall–Kier alpha value is 1.58. The second kappa shape index (κ2) is 5.29. The molecule has 0 saturated carbocycles. The van der Waals surface area contributed by atoms with E-state index in [1.165, 1.54) is 0 Å². The van der Waals surface area contributed by atoms with Gasteiger partial charge in [-0.2, -0.15) is 0 Å². The zero-order valence-electron chi connectivity index (χ0n) is 7.42. The fourth-order valence-electron chi connectivity index (χ4n) is 1.36. The van der Waals surface area contributed by atoms with Crippen molar-refractivity contribution in [2.24, 2.45) is 0 Å². The van der Waals surface area contributed by atoms with E-state index in [0.29, 0.717) is 0 Å². The monoisotopic (exact) mass is 596 g/mol. The Labute approximate surface area is 143 Å². The Balaban J connectivity index is 3.03. The number of benzene rings is 2. The molecular weight excluding hydrogens is 600 g/mol. The molecule has 0 spiro atoms. The van der Waals surface area contributed by atoms with Crippen molar-refractivity contribution in [3.63, 3.8) is 0 Å². The van der Waals surface area contributed by atoms with Gasteiger partial charge in [0.05, 0.1) is 0 Å². The van der Waals surface area contributed by atoms with E-state index >= 15 is 0 Å². The zero-order chi connectivity index (χ0) is 12.0. The van der Waals surface area contributed by atoms with Gasteiger partial charge in [0.15, 0.2) is 0 Å². The maximum Gasteiger partial charge on any atom is 0.0466 e. The summed E-state index contributed by atoms with van der Waals surface area (Å²) in [6.45, 7) is 0. The first-order valence-electron chi connectivity index (χ1n) is 4.04. The molecule has 0 N–H and O–H groups in total. The highest BCUT2D eigenvalue weighted by Gasteiger charge is 2.14. The van der Waals surface area contributed by atoms with Gasteiger partial charge in [0.1, 0.15) is 0 Å². The third kappa shape index (κ3) is 2.35. The van der Waals surface area contributed by atoms with Crippen LogP contribution in [0.25, 0.3) is 10.8 Å². The molecule has 84 valence electrons. The summed E-state index contributed by atoms with van der Waals surface area (Å²) in [5, 5.41) is 2.27. The molecule has 0 aliphatic heterocycles. The predicted octanol–water partition coefficient (Wildman–Crippen LogP) is 7.41. The maximum absolute atomic E-state index is 3.60. The molecule has 0 saturated heterocycles. The van der Waals surface area contributed by atoms with E-state index in [0.717, 1.165) is 37.6 Å². The fraction of sp³-hybridized carbons (Fsp3) is 0. The normalized spacial score (nSPS) is 11.1. The van der Waals surface area contributed by atoms with Gasteiger partial charge in [-0.05, 0) is 113 Å². The van der Waals surface area contributed by atoms with Crippen molar-refractivity contribution in [2.45, 2.75) is 0 Å². The molecule has 0 amide bonds. The molecule has 0 unspecified atom stereocenters. The highest BCUT2D eigenvalue weighted by atomic mass is 79.9. The standard InChI is InChI=1S/C10H2Br6/c11-4-1-3-2-5(12)8(14)10(16)6(3)9(15)7(4)13/h1-2H. The second-order valence-corrected chi connectivity index (χ2v) is 7.95. The van der Waals surface area contributed by atoms with Crippen molar-refractivity contribution >= 4 is 106 Å². The number of hydrogen-bond acceptors (Lipinski definition) is 0. The minimum atomic E-state index is 1.01. The van der Waals surface area contributed by atoms with Gasteiger partial charge in [-0.25, -0.2) is 0 Å². The van der Waals surface area contributed by atoms with Crippen molar-refractivity contribution in [3.05, 3.63) is 39.0 Å². The minimum Gasteiger partial charge on any atom is -0.0495 e. The summed E-state index contributed by atoms with van der Waals surface area (Å²) >= 11 is 21.3. The number of halogens is 6. The third-order valence-electron chi connectivity index (χ3n) is 2.10. The summed E-state index contributed by atoms with van der Waals surface area (Å²) < 4.78 is 6.11. The van der Waals surface area contributed by atoms with Gasteiger partial charge in [0.25, 0.3) is 0 Å². The Morgan fingerprint density at radius 1 is 0.562 bits per heavy atom. The first kappa shape index (κ1) is 14.0. The van der Waals surface area contributed by atoms with Crippen LogP contribution < -0.4 is 0 Å². The first-order valence-corrected chi connectivity index (χ1v) is 8.80. The molecule has 0 aliphatic carbocycles. The molecule has 0 aliphatic rings. The third-order valence-corrected chi connectivity index (χ3v) is 8.71. The van der Waals surface area contributed by atoms with E-state index in [1.807, 2.05) is 0 Å². The van der Waals surface area contributed by atoms with Crippen LogP contribution in [0.15, 0.2) is 39.0 Å². The lowest BCUT2D eigenvalue weighted by molar-refractivity contribution is 1.54. The molecule has 2 aromatic carbocycles. The van der Waals surface area contributed by atoms with Crippen LogP contribution in [0.2, 0.25) is 0 Å².